The van der Waals surface area contributed by atoms with Crippen molar-refractivity contribution in [2.75, 3.05) is 20.2 Å². The van der Waals surface area contributed by atoms with Gasteiger partial charge in [-0.2, -0.15) is 0 Å². The van der Waals surface area contributed by atoms with Crippen LogP contribution >= 0.6 is 23.2 Å². The van der Waals surface area contributed by atoms with Gasteiger partial charge in [0.05, 0.1) is 23.4 Å². The molecule has 2 aromatic rings. The van der Waals surface area contributed by atoms with Crippen LogP contribution in [0.25, 0.3) is 0 Å². The summed E-state index contributed by atoms with van der Waals surface area (Å²) in [5.41, 5.74) is 0.528. The molecule has 2 amide bonds. The summed E-state index contributed by atoms with van der Waals surface area (Å²) in [5.74, 6) is -0.238. The molecule has 0 bridgehead atoms. The lowest BCUT2D eigenvalue weighted by molar-refractivity contribution is 0.0694. The monoisotopic (exact) mass is 408 g/mol. The van der Waals surface area contributed by atoms with Gasteiger partial charge in [0.15, 0.2) is 5.75 Å². The van der Waals surface area contributed by atoms with Gasteiger partial charge in [-0.3, -0.25) is 14.6 Å². The number of likely N-dealkylation sites (tertiary alicyclic amines) is 1. The summed E-state index contributed by atoms with van der Waals surface area (Å²) in [6.07, 6.45) is 5.65. The van der Waals surface area contributed by atoms with E-state index in [9.17, 15) is 9.59 Å². The average molecular weight is 409 g/mol. The number of rotatable bonds is 4. The number of aromatic nitrogens is 2. The van der Waals surface area contributed by atoms with Crippen molar-refractivity contribution in [1.82, 2.24) is 20.2 Å². The van der Waals surface area contributed by atoms with Gasteiger partial charge in [0.1, 0.15) is 11.3 Å². The number of benzene rings is 1. The Kier molecular flexibility index (Phi) is 6.13. The summed E-state index contributed by atoms with van der Waals surface area (Å²) in [7, 11) is 1.45. The largest absolute Gasteiger partial charge is 0.494 e. The molecule has 7 nitrogen and oxygen atoms in total. The number of nitrogens with one attached hydrogen (secondary N) is 1. The molecule has 1 aliphatic heterocycles. The zero-order chi connectivity index (χ0) is 19.4. The molecule has 2 heterocycles. The molecule has 1 N–H and O–H groups in total. The number of hydrogen-bond acceptors (Lipinski definition) is 5. The first kappa shape index (κ1) is 19.4. The lowest BCUT2D eigenvalue weighted by Gasteiger charge is -2.32. The molecule has 0 atom stereocenters. The highest BCUT2D eigenvalue weighted by Crippen LogP contribution is 2.35. The number of carbonyl (C=O) groups excluding carboxylic acids is 2. The Hall–Kier alpha value is -2.38. The van der Waals surface area contributed by atoms with E-state index in [1.165, 1.54) is 25.7 Å². The van der Waals surface area contributed by atoms with Crippen molar-refractivity contribution in [3.05, 3.63) is 52.0 Å². The number of methoxy groups -OCH3 is 1. The van der Waals surface area contributed by atoms with Crippen molar-refractivity contribution < 1.29 is 14.3 Å². The van der Waals surface area contributed by atoms with E-state index in [0.717, 1.165) is 0 Å². The van der Waals surface area contributed by atoms with Gasteiger partial charge in [0.2, 0.25) is 0 Å². The minimum atomic E-state index is -0.271. The van der Waals surface area contributed by atoms with E-state index < -0.39 is 0 Å². The number of carbonyl (C=O) groups is 2. The summed E-state index contributed by atoms with van der Waals surface area (Å²) in [6.45, 7) is 0.965. The Balaban J connectivity index is 1.64. The van der Waals surface area contributed by atoms with E-state index in [-0.39, 0.29) is 34.9 Å². The molecule has 142 valence electrons. The SMILES string of the molecule is COc1c(Cl)ccc(Cl)c1C(=O)N1CCC(NC(=O)c2cnccn2)CC1. The highest BCUT2D eigenvalue weighted by molar-refractivity contribution is 6.37. The number of amides is 2. The van der Waals surface area contributed by atoms with Crippen LogP contribution in [0.15, 0.2) is 30.7 Å². The van der Waals surface area contributed by atoms with E-state index in [4.69, 9.17) is 27.9 Å². The first-order valence-electron chi connectivity index (χ1n) is 8.39. The van der Waals surface area contributed by atoms with Crippen molar-refractivity contribution in [2.45, 2.75) is 18.9 Å². The number of halogens is 2. The van der Waals surface area contributed by atoms with Gasteiger partial charge in [-0.05, 0) is 25.0 Å². The average Bonchev–Trinajstić information content (AvgIpc) is 2.70. The standard InChI is InChI=1S/C18H18Cl2N4O3/c1-27-16-13(20)3-2-12(19)15(16)18(26)24-8-4-11(5-9-24)23-17(25)14-10-21-6-7-22-14/h2-3,6-7,10-11H,4-5,8-9H2,1H3,(H,23,25). The van der Waals surface area contributed by atoms with Crippen molar-refractivity contribution in [2.24, 2.45) is 0 Å². The molecule has 0 spiro atoms. The predicted molar refractivity (Wildman–Crippen MR) is 101 cm³/mol. The van der Waals surface area contributed by atoms with Crippen molar-refractivity contribution >= 4 is 35.0 Å². The van der Waals surface area contributed by atoms with E-state index in [0.29, 0.717) is 36.0 Å². The molecular formula is C18H18Cl2N4O3. The summed E-state index contributed by atoms with van der Waals surface area (Å²) < 4.78 is 5.26. The highest BCUT2D eigenvalue weighted by atomic mass is 35.5. The van der Waals surface area contributed by atoms with Gasteiger partial charge in [-0.25, -0.2) is 4.98 Å². The molecule has 0 unspecified atom stereocenters. The minimum Gasteiger partial charge on any atom is -0.494 e. The zero-order valence-electron chi connectivity index (χ0n) is 14.6. The van der Waals surface area contributed by atoms with E-state index in [1.54, 1.807) is 17.0 Å². The van der Waals surface area contributed by atoms with Crippen LogP contribution in [0.4, 0.5) is 0 Å². The van der Waals surface area contributed by atoms with Crippen LogP contribution in [0.5, 0.6) is 5.75 Å². The van der Waals surface area contributed by atoms with Crippen LogP contribution in [0.2, 0.25) is 10.0 Å². The molecule has 27 heavy (non-hydrogen) atoms. The highest BCUT2D eigenvalue weighted by Gasteiger charge is 2.29. The van der Waals surface area contributed by atoms with Gasteiger partial charge in [0, 0.05) is 31.5 Å². The summed E-state index contributed by atoms with van der Waals surface area (Å²) in [5, 5.41) is 3.55. The van der Waals surface area contributed by atoms with Crippen molar-refractivity contribution in [3.8, 4) is 5.75 Å². The third kappa shape index (κ3) is 4.31. The second-order valence-electron chi connectivity index (χ2n) is 6.07. The number of hydrogen-bond donors (Lipinski definition) is 1. The third-order valence-corrected chi connectivity index (χ3v) is 5.00. The van der Waals surface area contributed by atoms with Crippen molar-refractivity contribution in [3.63, 3.8) is 0 Å². The smallest absolute Gasteiger partial charge is 0.271 e. The maximum absolute atomic E-state index is 12.9. The fourth-order valence-electron chi connectivity index (χ4n) is 2.99. The molecule has 3 rings (SSSR count). The maximum atomic E-state index is 12.9. The fraction of sp³-hybridized carbons (Fsp3) is 0.333. The fourth-order valence-corrected chi connectivity index (χ4v) is 3.46. The number of nitrogens with zero attached hydrogens (tertiary/aromatic N) is 3. The van der Waals surface area contributed by atoms with E-state index >= 15 is 0 Å². The van der Waals surface area contributed by atoms with Gasteiger partial charge in [0.25, 0.3) is 11.8 Å². The molecule has 0 aliphatic carbocycles. The second kappa shape index (κ2) is 8.54. The Morgan fingerprint density at radius 1 is 1.19 bits per heavy atom. The summed E-state index contributed by atoms with van der Waals surface area (Å²) in [4.78, 5) is 34.6. The first-order valence-corrected chi connectivity index (χ1v) is 9.15. The number of piperidine rings is 1. The molecule has 1 aromatic heterocycles. The molecule has 1 aromatic carbocycles. The molecular weight excluding hydrogens is 391 g/mol. The summed E-state index contributed by atoms with van der Waals surface area (Å²) >= 11 is 12.3. The minimum absolute atomic E-state index is 0.0414. The van der Waals surface area contributed by atoms with E-state index in [2.05, 4.69) is 15.3 Å². The van der Waals surface area contributed by atoms with Crippen LogP contribution in [0.1, 0.15) is 33.7 Å². The quantitative estimate of drug-likeness (QED) is 0.840. The Morgan fingerprint density at radius 2 is 1.89 bits per heavy atom. The van der Waals surface area contributed by atoms with Gasteiger partial charge >= 0.3 is 0 Å². The Morgan fingerprint density at radius 3 is 2.52 bits per heavy atom. The molecule has 0 saturated carbocycles. The molecule has 1 fully saturated rings. The topological polar surface area (TPSA) is 84.4 Å². The molecule has 9 heteroatoms. The van der Waals surface area contributed by atoms with Crippen molar-refractivity contribution in [1.29, 1.82) is 0 Å². The molecule has 1 saturated heterocycles. The van der Waals surface area contributed by atoms with Crippen LogP contribution in [-0.2, 0) is 0 Å². The normalized spacial score (nSPS) is 14.7. The maximum Gasteiger partial charge on any atom is 0.271 e. The van der Waals surface area contributed by atoms with Gasteiger partial charge in [-0.1, -0.05) is 23.2 Å². The van der Waals surface area contributed by atoms with Crippen LogP contribution < -0.4 is 10.1 Å². The molecule has 1 aliphatic rings. The Bertz CT molecular complexity index is 840. The number of ether oxygens (including phenoxy) is 1. The first-order chi connectivity index (χ1) is 13.0. The van der Waals surface area contributed by atoms with Crippen LogP contribution in [0.3, 0.4) is 0 Å². The van der Waals surface area contributed by atoms with Crippen LogP contribution in [0, 0.1) is 0 Å². The lowest BCUT2D eigenvalue weighted by Crippen LogP contribution is -2.46. The van der Waals surface area contributed by atoms with Gasteiger partial charge in [-0.15, -0.1) is 0 Å². The third-order valence-electron chi connectivity index (χ3n) is 4.39. The Labute approximate surface area is 166 Å². The zero-order valence-corrected chi connectivity index (χ0v) is 16.1. The predicted octanol–water partition coefficient (Wildman–Crippen LogP) is 2.83. The molecule has 0 radical (unpaired) electrons. The van der Waals surface area contributed by atoms with E-state index in [1.807, 2.05) is 0 Å². The summed E-state index contributed by atoms with van der Waals surface area (Å²) in [6, 6.07) is 3.13. The van der Waals surface area contributed by atoms with Gasteiger partial charge < -0.3 is 15.0 Å². The lowest BCUT2D eigenvalue weighted by atomic mass is 10.0. The second-order valence-corrected chi connectivity index (χ2v) is 6.88. The van der Waals surface area contributed by atoms with Crippen LogP contribution in [-0.4, -0.2) is 52.9 Å².